The normalized spacial score (nSPS) is 16.9. The Bertz CT molecular complexity index is 1010. The van der Waals surface area contributed by atoms with E-state index >= 15 is 0 Å². The zero-order chi connectivity index (χ0) is 19.5. The van der Waals surface area contributed by atoms with Crippen LogP contribution in [0.15, 0.2) is 60.3 Å². The third-order valence-electron chi connectivity index (χ3n) is 5.59. The number of allylic oxidation sites excluding steroid dienone is 2. The number of para-hydroxylation sites is 1. The highest BCUT2D eigenvalue weighted by atomic mass is 16.5. The van der Waals surface area contributed by atoms with Gasteiger partial charge in [-0.1, -0.05) is 30.3 Å². The Morgan fingerprint density at radius 1 is 1.11 bits per heavy atom. The first-order chi connectivity index (χ1) is 13.6. The van der Waals surface area contributed by atoms with Crippen molar-refractivity contribution >= 4 is 16.7 Å². The lowest BCUT2D eigenvalue weighted by atomic mass is 9.85. The monoisotopic (exact) mass is 374 g/mol. The number of methoxy groups -OCH3 is 1. The summed E-state index contributed by atoms with van der Waals surface area (Å²) in [6.45, 7) is 2.94. The highest BCUT2D eigenvalue weighted by molar-refractivity contribution is 5.92. The molecular weight excluding hydrogens is 348 g/mol. The van der Waals surface area contributed by atoms with Crippen LogP contribution in [0.4, 0.5) is 0 Å². The Hall–Kier alpha value is -3.01. The van der Waals surface area contributed by atoms with Gasteiger partial charge in [-0.05, 0) is 55.0 Å². The Labute approximate surface area is 165 Å². The molecule has 1 aromatic heterocycles. The van der Waals surface area contributed by atoms with E-state index in [0.717, 1.165) is 30.8 Å². The number of carbonyl (C=O) groups excluding carboxylic acids is 1. The number of ketones is 1. The zero-order valence-corrected chi connectivity index (χ0v) is 16.4. The van der Waals surface area contributed by atoms with Crippen molar-refractivity contribution < 1.29 is 9.53 Å². The Morgan fingerprint density at radius 2 is 1.89 bits per heavy atom. The van der Waals surface area contributed by atoms with Gasteiger partial charge in [-0.15, -0.1) is 0 Å². The maximum atomic E-state index is 12.3. The first-order valence-electron chi connectivity index (χ1n) is 9.81. The fourth-order valence-electron chi connectivity index (χ4n) is 4.13. The van der Waals surface area contributed by atoms with E-state index in [9.17, 15) is 4.79 Å². The number of ether oxygens (including phenoxy) is 1. The predicted octanol–water partition coefficient (Wildman–Crippen LogP) is 4.65. The quantitative estimate of drug-likeness (QED) is 0.660. The summed E-state index contributed by atoms with van der Waals surface area (Å²) < 4.78 is 5.23. The molecule has 2 aromatic carbocycles. The molecule has 144 valence electrons. The standard InChI is InChI=1S/C24H26N2O2/c1-16-22(23-5-3-4-6-24(23)26-16)11-12-25-19-13-18(14-20(27)15-19)17-7-9-21(28-2)10-8-17/h3-10,15,18,25-26H,11-14H2,1-2H3/t18-/m1/s1. The number of benzene rings is 2. The van der Waals surface area contributed by atoms with Gasteiger partial charge in [-0.25, -0.2) is 0 Å². The van der Waals surface area contributed by atoms with Gasteiger partial charge in [0, 0.05) is 41.3 Å². The first-order valence-corrected chi connectivity index (χ1v) is 9.81. The van der Waals surface area contributed by atoms with Crippen molar-refractivity contribution in [3.63, 3.8) is 0 Å². The van der Waals surface area contributed by atoms with Crippen LogP contribution >= 0.6 is 0 Å². The maximum Gasteiger partial charge on any atom is 0.158 e. The van der Waals surface area contributed by atoms with E-state index in [1.165, 1.54) is 27.7 Å². The zero-order valence-electron chi connectivity index (χ0n) is 16.4. The highest BCUT2D eigenvalue weighted by Crippen LogP contribution is 2.31. The molecule has 0 radical (unpaired) electrons. The van der Waals surface area contributed by atoms with Gasteiger partial charge in [0.1, 0.15) is 5.75 Å². The van der Waals surface area contributed by atoms with E-state index < -0.39 is 0 Å². The Balaban J connectivity index is 1.41. The third kappa shape index (κ3) is 3.81. The molecular formula is C24H26N2O2. The number of aryl methyl sites for hydroxylation is 1. The molecule has 3 aromatic rings. The summed E-state index contributed by atoms with van der Waals surface area (Å²) in [4.78, 5) is 15.7. The van der Waals surface area contributed by atoms with Gasteiger partial charge in [-0.3, -0.25) is 4.79 Å². The van der Waals surface area contributed by atoms with Crippen molar-refractivity contribution in [2.24, 2.45) is 0 Å². The summed E-state index contributed by atoms with van der Waals surface area (Å²) in [6, 6.07) is 16.5. The van der Waals surface area contributed by atoms with Crippen molar-refractivity contribution in [1.29, 1.82) is 0 Å². The Morgan fingerprint density at radius 3 is 2.68 bits per heavy atom. The fraction of sp³-hybridized carbons (Fsp3) is 0.292. The highest BCUT2D eigenvalue weighted by Gasteiger charge is 2.22. The molecule has 0 bridgehead atoms. The molecule has 4 heteroatoms. The molecule has 0 spiro atoms. The van der Waals surface area contributed by atoms with Crippen LogP contribution in [0, 0.1) is 6.92 Å². The first kappa shape index (κ1) is 18.4. The maximum absolute atomic E-state index is 12.3. The number of H-pyrrole nitrogens is 1. The number of fused-ring (bicyclic) bond motifs is 1. The molecule has 28 heavy (non-hydrogen) atoms. The van der Waals surface area contributed by atoms with Gasteiger partial charge < -0.3 is 15.0 Å². The van der Waals surface area contributed by atoms with Gasteiger partial charge in [0.15, 0.2) is 5.78 Å². The number of nitrogens with one attached hydrogen (secondary N) is 2. The summed E-state index contributed by atoms with van der Waals surface area (Å²) in [5, 5.41) is 4.79. The minimum absolute atomic E-state index is 0.192. The second kappa shape index (κ2) is 7.93. The van der Waals surface area contributed by atoms with Crippen LogP contribution in [0.3, 0.4) is 0 Å². The molecule has 0 saturated carbocycles. The van der Waals surface area contributed by atoms with Crippen molar-refractivity contribution in [3.05, 3.63) is 77.1 Å². The molecule has 2 N–H and O–H groups in total. The molecule has 1 heterocycles. The molecule has 1 aliphatic rings. The van der Waals surface area contributed by atoms with E-state index in [1.54, 1.807) is 13.2 Å². The van der Waals surface area contributed by atoms with Crippen LogP contribution in [0.25, 0.3) is 10.9 Å². The number of carbonyl (C=O) groups is 1. The van der Waals surface area contributed by atoms with Gasteiger partial charge in [0.05, 0.1) is 7.11 Å². The lowest BCUT2D eigenvalue weighted by Crippen LogP contribution is -2.24. The lowest BCUT2D eigenvalue weighted by molar-refractivity contribution is -0.115. The van der Waals surface area contributed by atoms with Crippen LogP contribution in [-0.4, -0.2) is 24.4 Å². The van der Waals surface area contributed by atoms with Crippen molar-refractivity contribution in [3.8, 4) is 5.75 Å². The minimum Gasteiger partial charge on any atom is -0.497 e. The summed E-state index contributed by atoms with van der Waals surface area (Å²) in [7, 11) is 1.67. The molecule has 1 atom stereocenters. The van der Waals surface area contributed by atoms with Crippen LogP contribution in [0.5, 0.6) is 5.75 Å². The van der Waals surface area contributed by atoms with Gasteiger partial charge in [0.2, 0.25) is 0 Å². The number of aromatic nitrogens is 1. The van der Waals surface area contributed by atoms with E-state index in [1.807, 2.05) is 12.1 Å². The molecule has 0 amide bonds. The molecule has 0 unspecified atom stereocenters. The second-order valence-corrected chi connectivity index (χ2v) is 7.47. The van der Waals surface area contributed by atoms with Crippen LogP contribution in [-0.2, 0) is 11.2 Å². The Kier molecular flexibility index (Phi) is 5.20. The van der Waals surface area contributed by atoms with Crippen LogP contribution in [0.1, 0.15) is 35.6 Å². The topological polar surface area (TPSA) is 54.1 Å². The molecule has 0 fully saturated rings. The van der Waals surface area contributed by atoms with Gasteiger partial charge in [0.25, 0.3) is 0 Å². The van der Waals surface area contributed by atoms with E-state index in [2.05, 4.69) is 53.6 Å². The average Bonchev–Trinajstić information content (AvgIpc) is 3.03. The summed E-state index contributed by atoms with van der Waals surface area (Å²) in [5.74, 6) is 1.26. The lowest BCUT2D eigenvalue weighted by Gasteiger charge is -2.23. The number of hydrogen-bond acceptors (Lipinski definition) is 3. The van der Waals surface area contributed by atoms with E-state index in [4.69, 9.17) is 4.74 Å². The minimum atomic E-state index is 0.192. The molecule has 4 rings (SSSR count). The number of hydrogen-bond donors (Lipinski definition) is 2. The summed E-state index contributed by atoms with van der Waals surface area (Å²) >= 11 is 0. The smallest absolute Gasteiger partial charge is 0.158 e. The van der Waals surface area contributed by atoms with Gasteiger partial charge in [-0.2, -0.15) is 0 Å². The van der Waals surface area contributed by atoms with E-state index in [-0.39, 0.29) is 11.7 Å². The van der Waals surface area contributed by atoms with Crippen LogP contribution < -0.4 is 10.1 Å². The number of rotatable bonds is 6. The summed E-state index contributed by atoms with van der Waals surface area (Å²) in [5.41, 5.74) is 5.97. The molecule has 0 saturated heterocycles. The fourth-order valence-corrected chi connectivity index (χ4v) is 4.13. The average molecular weight is 374 g/mol. The van der Waals surface area contributed by atoms with Crippen LogP contribution in [0.2, 0.25) is 0 Å². The van der Waals surface area contributed by atoms with Crippen molar-refractivity contribution in [2.75, 3.05) is 13.7 Å². The predicted molar refractivity (Wildman–Crippen MR) is 113 cm³/mol. The van der Waals surface area contributed by atoms with Crippen molar-refractivity contribution in [2.45, 2.75) is 32.1 Å². The second-order valence-electron chi connectivity index (χ2n) is 7.47. The summed E-state index contributed by atoms with van der Waals surface area (Å²) in [6.07, 6.45) is 4.14. The third-order valence-corrected chi connectivity index (χ3v) is 5.59. The van der Waals surface area contributed by atoms with Crippen molar-refractivity contribution in [1.82, 2.24) is 10.3 Å². The SMILES string of the molecule is COc1ccc([C@H]2CC(=O)C=C(NCCc3c(C)[nH]c4ccccc34)C2)cc1. The molecule has 4 nitrogen and oxygen atoms in total. The number of aromatic amines is 1. The van der Waals surface area contributed by atoms with E-state index in [0.29, 0.717) is 6.42 Å². The molecule has 0 aliphatic heterocycles. The molecule has 1 aliphatic carbocycles. The van der Waals surface area contributed by atoms with Gasteiger partial charge >= 0.3 is 0 Å². The largest absolute Gasteiger partial charge is 0.497 e.